The maximum Gasteiger partial charge on any atom is 0.125 e. The molecule has 1 aromatic carbocycles. The lowest BCUT2D eigenvalue weighted by molar-refractivity contribution is 0.295. The standard InChI is InChI=1S/C16H25FN2/c1-11(2)15-10-19(16(9-18-15)12(3)4)14-7-5-6-13(17)8-14/h5-8,11-12,15-16,18H,9-10H2,1-4H3. The zero-order valence-corrected chi connectivity index (χ0v) is 12.4. The fourth-order valence-electron chi connectivity index (χ4n) is 2.79. The minimum Gasteiger partial charge on any atom is -0.365 e. The van der Waals surface area contributed by atoms with E-state index in [2.05, 4.69) is 37.9 Å². The molecule has 1 aromatic rings. The van der Waals surface area contributed by atoms with Crippen molar-refractivity contribution in [3.8, 4) is 0 Å². The van der Waals surface area contributed by atoms with Crippen LogP contribution in [0.1, 0.15) is 27.7 Å². The van der Waals surface area contributed by atoms with E-state index in [1.54, 1.807) is 12.1 Å². The first-order valence-corrected chi connectivity index (χ1v) is 7.24. The van der Waals surface area contributed by atoms with Crippen LogP contribution in [0.5, 0.6) is 0 Å². The Labute approximate surface area is 116 Å². The lowest BCUT2D eigenvalue weighted by atomic mass is 9.93. The number of nitrogens with zero attached hydrogens (tertiary/aromatic N) is 1. The average Bonchev–Trinajstić information content (AvgIpc) is 2.37. The number of hydrogen-bond acceptors (Lipinski definition) is 2. The third-order valence-electron chi connectivity index (χ3n) is 4.10. The molecule has 0 amide bonds. The minimum absolute atomic E-state index is 0.153. The van der Waals surface area contributed by atoms with E-state index in [4.69, 9.17) is 0 Å². The van der Waals surface area contributed by atoms with E-state index < -0.39 is 0 Å². The van der Waals surface area contributed by atoms with Gasteiger partial charge in [0.05, 0.1) is 0 Å². The van der Waals surface area contributed by atoms with Crippen LogP contribution in [-0.2, 0) is 0 Å². The van der Waals surface area contributed by atoms with E-state index in [1.165, 1.54) is 6.07 Å². The van der Waals surface area contributed by atoms with E-state index in [-0.39, 0.29) is 5.82 Å². The molecule has 1 saturated heterocycles. The molecule has 2 nitrogen and oxygen atoms in total. The Morgan fingerprint density at radius 1 is 1.21 bits per heavy atom. The molecule has 1 aliphatic heterocycles. The predicted molar refractivity (Wildman–Crippen MR) is 79.0 cm³/mol. The summed E-state index contributed by atoms with van der Waals surface area (Å²) >= 11 is 0. The van der Waals surface area contributed by atoms with Crippen molar-refractivity contribution >= 4 is 5.69 Å². The van der Waals surface area contributed by atoms with Crippen molar-refractivity contribution in [3.05, 3.63) is 30.1 Å². The summed E-state index contributed by atoms with van der Waals surface area (Å²) < 4.78 is 13.5. The SMILES string of the molecule is CC(C)C1CN(c2cccc(F)c2)C(C(C)C)CN1. The van der Waals surface area contributed by atoms with Crippen LogP contribution >= 0.6 is 0 Å². The summed E-state index contributed by atoms with van der Waals surface area (Å²) in [6.07, 6.45) is 0. The van der Waals surface area contributed by atoms with E-state index in [0.29, 0.717) is 23.9 Å². The summed E-state index contributed by atoms with van der Waals surface area (Å²) in [7, 11) is 0. The van der Waals surface area contributed by atoms with Gasteiger partial charge in [-0.25, -0.2) is 4.39 Å². The maximum absolute atomic E-state index is 13.5. The van der Waals surface area contributed by atoms with Gasteiger partial charge in [-0.05, 0) is 30.0 Å². The molecule has 106 valence electrons. The highest BCUT2D eigenvalue weighted by Crippen LogP contribution is 2.25. The number of nitrogens with one attached hydrogen (secondary N) is 1. The first kappa shape index (κ1) is 14.3. The Hall–Kier alpha value is -1.09. The van der Waals surface area contributed by atoms with Crippen molar-refractivity contribution in [2.75, 3.05) is 18.0 Å². The Balaban J connectivity index is 2.25. The number of hydrogen-bond donors (Lipinski definition) is 1. The molecule has 19 heavy (non-hydrogen) atoms. The monoisotopic (exact) mass is 264 g/mol. The molecule has 1 N–H and O–H groups in total. The summed E-state index contributed by atoms with van der Waals surface area (Å²) in [6.45, 7) is 10.8. The third kappa shape index (κ3) is 3.27. The van der Waals surface area contributed by atoms with Crippen LogP contribution in [0.15, 0.2) is 24.3 Å². The molecule has 0 saturated carbocycles. The van der Waals surface area contributed by atoms with E-state index >= 15 is 0 Å². The smallest absolute Gasteiger partial charge is 0.125 e. The zero-order valence-electron chi connectivity index (χ0n) is 12.4. The number of piperazine rings is 1. The zero-order chi connectivity index (χ0) is 14.0. The molecule has 3 heteroatoms. The van der Waals surface area contributed by atoms with Crippen molar-refractivity contribution in [2.45, 2.75) is 39.8 Å². The van der Waals surface area contributed by atoms with Gasteiger partial charge in [0.25, 0.3) is 0 Å². The summed E-state index contributed by atoms with van der Waals surface area (Å²) in [4.78, 5) is 2.37. The van der Waals surface area contributed by atoms with Gasteiger partial charge in [-0.1, -0.05) is 33.8 Å². The van der Waals surface area contributed by atoms with Crippen molar-refractivity contribution in [1.29, 1.82) is 0 Å². The molecule has 2 rings (SSSR count). The van der Waals surface area contributed by atoms with Crippen LogP contribution in [0.2, 0.25) is 0 Å². The molecule has 2 atom stereocenters. The van der Waals surface area contributed by atoms with Gasteiger partial charge in [-0.3, -0.25) is 0 Å². The van der Waals surface area contributed by atoms with Gasteiger partial charge in [0, 0.05) is 30.9 Å². The van der Waals surface area contributed by atoms with Crippen LogP contribution in [0.4, 0.5) is 10.1 Å². The summed E-state index contributed by atoms with van der Waals surface area (Å²) in [5, 5.41) is 3.63. The molecule has 0 aliphatic carbocycles. The van der Waals surface area contributed by atoms with Gasteiger partial charge < -0.3 is 10.2 Å². The Kier molecular flexibility index (Phi) is 4.46. The first-order chi connectivity index (χ1) is 8.99. The largest absolute Gasteiger partial charge is 0.365 e. The Morgan fingerprint density at radius 3 is 2.53 bits per heavy atom. The van der Waals surface area contributed by atoms with E-state index in [0.717, 1.165) is 18.8 Å². The van der Waals surface area contributed by atoms with Gasteiger partial charge in [0.2, 0.25) is 0 Å². The number of anilines is 1. The molecule has 2 unspecified atom stereocenters. The van der Waals surface area contributed by atoms with Crippen molar-refractivity contribution in [2.24, 2.45) is 11.8 Å². The topological polar surface area (TPSA) is 15.3 Å². The quantitative estimate of drug-likeness (QED) is 0.901. The van der Waals surface area contributed by atoms with Gasteiger partial charge in [-0.2, -0.15) is 0 Å². The van der Waals surface area contributed by atoms with Gasteiger partial charge >= 0.3 is 0 Å². The highest BCUT2D eigenvalue weighted by atomic mass is 19.1. The van der Waals surface area contributed by atoms with Crippen molar-refractivity contribution in [1.82, 2.24) is 5.32 Å². The van der Waals surface area contributed by atoms with Gasteiger partial charge in [-0.15, -0.1) is 0 Å². The van der Waals surface area contributed by atoms with E-state index in [9.17, 15) is 4.39 Å². The van der Waals surface area contributed by atoms with Crippen LogP contribution in [0, 0.1) is 17.7 Å². The molecule has 0 radical (unpaired) electrons. The first-order valence-electron chi connectivity index (χ1n) is 7.24. The highest BCUT2D eigenvalue weighted by molar-refractivity contribution is 5.48. The highest BCUT2D eigenvalue weighted by Gasteiger charge is 2.31. The molecule has 1 heterocycles. The van der Waals surface area contributed by atoms with Crippen LogP contribution < -0.4 is 10.2 Å². The second kappa shape index (κ2) is 5.91. The van der Waals surface area contributed by atoms with Crippen molar-refractivity contribution < 1.29 is 4.39 Å². The van der Waals surface area contributed by atoms with E-state index in [1.807, 2.05) is 6.07 Å². The second-order valence-corrected chi connectivity index (χ2v) is 6.20. The average molecular weight is 264 g/mol. The van der Waals surface area contributed by atoms with Crippen LogP contribution in [0.25, 0.3) is 0 Å². The van der Waals surface area contributed by atoms with Crippen molar-refractivity contribution in [3.63, 3.8) is 0 Å². The lowest BCUT2D eigenvalue weighted by Crippen LogP contribution is -2.60. The fourth-order valence-corrected chi connectivity index (χ4v) is 2.79. The normalized spacial score (nSPS) is 24.3. The summed E-state index contributed by atoms with van der Waals surface area (Å²) in [6, 6.07) is 7.87. The molecular weight excluding hydrogens is 239 g/mol. The Morgan fingerprint density at radius 2 is 1.95 bits per heavy atom. The Bertz CT molecular complexity index is 417. The number of benzene rings is 1. The van der Waals surface area contributed by atoms with Gasteiger partial charge in [0.15, 0.2) is 0 Å². The predicted octanol–water partition coefficient (Wildman–Crippen LogP) is 3.28. The third-order valence-corrected chi connectivity index (χ3v) is 4.10. The number of rotatable bonds is 3. The molecular formula is C16H25FN2. The minimum atomic E-state index is -0.153. The van der Waals surface area contributed by atoms with Gasteiger partial charge in [0.1, 0.15) is 5.82 Å². The number of halogens is 1. The second-order valence-electron chi connectivity index (χ2n) is 6.20. The lowest BCUT2D eigenvalue weighted by Gasteiger charge is -2.45. The molecule has 0 aromatic heterocycles. The molecule has 1 aliphatic rings. The fraction of sp³-hybridized carbons (Fsp3) is 0.625. The maximum atomic E-state index is 13.5. The molecule has 1 fully saturated rings. The summed E-state index contributed by atoms with van der Waals surface area (Å²) in [5.74, 6) is 0.979. The van der Waals surface area contributed by atoms with Crippen LogP contribution in [0.3, 0.4) is 0 Å². The van der Waals surface area contributed by atoms with Crippen LogP contribution in [-0.4, -0.2) is 25.2 Å². The molecule has 0 spiro atoms. The summed E-state index contributed by atoms with van der Waals surface area (Å²) in [5.41, 5.74) is 1.01. The molecule has 0 bridgehead atoms.